The van der Waals surface area contributed by atoms with Crippen molar-refractivity contribution >= 4 is 27.8 Å². The smallest absolute Gasteiger partial charge is 0.331 e. The normalized spacial score (nSPS) is 14.0. The van der Waals surface area contributed by atoms with Crippen LogP contribution in [0.3, 0.4) is 0 Å². The number of carbonyl (C=O) groups is 1. The van der Waals surface area contributed by atoms with Gasteiger partial charge in [0.05, 0.1) is 27.5 Å². The molecule has 0 aliphatic carbocycles. The van der Waals surface area contributed by atoms with Crippen LogP contribution >= 0.6 is 0 Å². The lowest BCUT2D eigenvalue weighted by Gasteiger charge is -2.33. The van der Waals surface area contributed by atoms with Gasteiger partial charge in [-0.1, -0.05) is 42.0 Å². The highest BCUT2D eigenvalue weighted by Crippen LogP contribution is 2.30. The van der Waals surface area contributed by atoms with Crippen LogP contribution in [0.2, 0.25) is 0 Å². The molecule has 1 fully saturated rings. The maximum absolute atomic E-state index is 14.1. The monoisotopic (exact) mass is 595 g/mol. The van der Waals surface area contributed by atoms with Crippen LogP contribution < -0.4 is 21.7 Å². The molecule has 1 aliphatic rings. The van der Waals surface area contributed by atoms with E-state index in [9.17, 15) is 19.2 Å². The first-order valence-electron chi connectivity index (χ1n) is 15.2. The summed E-state index contributed by atoms with van der Waals surface area (Å²) in [5.41, 5.74) is 3.54. The van der Waals surface area contributed by atoms with Crippen molar-refractivity contribution in [1.82, 2.24) is 23.2 Å². The first kappa shape index (κ1) is 29.2. The molecule has 228 valence electrons. The van der Waals surface area contributed by atoms with Gasteiger partial charge in [0.15, 0.2) is 0 Å². The van der Waals surface area contributed by atoms with E-state index in [-0.39, 0.29) is 35.5 Å². The fraction of sp³-hybridized carbons (Fsp3) is 0.353. The van der Waals surface area contributed by atoms with Gasteiger partial charge < -0.3 is 9.64 Å². The summed E-state index contributed by atoms with van der Waals surface area (Å²) in [6.07, 6.45) is 0.930. The molecule has 44 heavy (non-hydrogen) atoms. The summed E-state index contributed by atoms with van der Waals surface area (Å²) >= 11 is 0. The molecule has 10 heteroatoms. The number of ether oxygens (including phenoxy) is 1. The molecule has 1 amide bonds. The minimum atomic E-state index is -0.351. The Morgan fingerprint density at radius 3 is 2.16 bits per heavy atom. The predicted octanol–water partition coefficient (Wildman–Crippen LogP) is 4.22. The third-order valence-electron chi connectivity index (χ3n) is 8.79. The molecule has 0 N–H and O–H groups in total. The Hall–Kier alpha value is -4.86. The molecule has 10 nitrogen and oxygen atoms in total. The molecule has 3 aromatic carbocycles. The highest BCUT2D eigenvalue weighted by molar-refractivity contribution is 6.00. The second kappa shape index (κ2) is 11.7. The van der Waals surface area contributed by atoms with E-state index < -0.39 is 0 Å². The van der Waals surface area contributed by atoms with Crippen LogP contribution in [0.5, 0.6) is 5.75 Å². The van der Waals surface area contributed by atoms with E-state index in [1.807, 2.05) is 63.2 Å². The Kier molecular flexibility index (Phi) is 7.75. The minimum Gasteiger partial charge on any atom is -0.488 e. The van der Waals surface area contributed by atoms with Crippen molar-refractivity contribution in [1.29, 1.82) is 0 Å². The predicted molar refractivity (Wildman–Crippen MR) is 171 cm³/mol. The quantitative estimate of drug-likeness (QED) is 0.281. The zero-order valence-electron chi connectivity index (χ0n) is 25.6. The first-order valence-corrected chi connectivity index (χ1v) is 15.2. The second-order valence-corrected chi connectivity index (χ2v) is 11.4. The Labute approximate surface area is 254 Å². The third-order valence-corrected chi connectivity index (χ3v) is 8.79. The summed E-state index contributed by atoms with van der Waals surface area (Å²) in [6, 6.07) is 18.5. The van der Waals surface area contributed by atoms with E-state index in [0.29, 0.717) is 66.8 Å². The molecule has 6 rings (SSSR count). The van der Waals surface area contributed by atoms with Crippen LogP contribution in [-0.2, 0) is 26.7 Å². The molecule has 1 aliphatic heterocycles. The fourth-order valence-electron chi connectivity index (χ4n) is 6.39. The van der Waals surface area contributed by atoms with Gasteiger partial charge in [-0.3, -0.25) is 27.9 Å². The molecule has 0 saturated carbocycles. The number of nitrogens with zero attached hydrogens (tertiary/aromatic N) is 5. The number of carbonyl (C=O) groups excluding carboxylic acids is 1. The van der Waals surface area contributed by atoms with E-state index >= 15 is 0 Å². The Bertz CT molecular complexity index is 2060. The molecule has 1 saturated heterocycles. The van der Waals surface area contributed by atoms with Crippen LogP contribution in [0.15, 0.2) is 75.0 Å². The molecular formula is C34H37N5O5. The highest BCUT2D eigenvalue weighted by Gasteiger charge is 2.30. The van der Waals surface area contributed by atoms with E-state index in [1.54, 1.807) is 39.3 Å². The van der Waals surface area contributed by atoms with Crippen molar-refractivity contribution < 1.29 is 9.53 Å². The molecule has 2 aromatic heterocycles. The Morgan fingerprint density at radius 2 is 1.50 bits per heavy atom. The molecule has 0 unspecified atom stereocenters. The summed E-state index contributed by atoms with van der Waals surface area (Å²) in [5.74, 6) is 0.209. The minimum absolute atomic E-state index is 0.123. The topological polar surface area (TPSA) is 100 Å². The number of rotatable bonds is 7. The number of likely N-dealkylation sites (tertiary alicyclic amines) is 1. The summed E-state index contributed by atoms with van der Waals surface area (Å²) < 4.78 is 12.5. The van der Waals surface area contributed by atoms with Crippen molar-refractivity contribution in [3.8, 4) is 5.75 Å². The number of hydrogen-bond acceptors (Lipinski definition) is 5. The average Bonchev–Trinajstić information content (AvgIpc) is 3.31. The zero-order valence-corrected chi connectivity index (χ0v) is 25.6. The van der Waals surface area contributed by atoms with Gasteiger partial charge >= 0.3 is 11.4 Å². The fourth-order valence-corrected chi connectivity index (χ4v) is 6.39. The van der Waals surface area contributed by atoms with Gasteiger partial charge in [0, 0.05) is 45.3 Å². The van der Waals surface area contributed by atoms with Gasteiger partial charge in [-0.05, 0) is 57.4 Å². The van der Waals surface area contributed by atoms with E-state index in [4.69, 9.17) is 4.74 Å². The standard InChI is InChI=1S/C34H37N5O5/c1-5-37-28-19-26(30(20-29(28)38(6-2)34(37)43)44-21-23-10-8-7-9-11-23)31(40)36-16-14-24(15-17-36)39-32(41)25-18-22(3)12-13-27(25)35(4)33(39)42/h7-13,18-20,24H,5-6,14-17,21H2,1-4H3. The summed E-state index contributed by atoms with van der Waals surface area (Å²) in [5, 5.41) is 0.514. The van der Waals surface area contributed by atoms with Crippen LogP contribution in [0.4, 0.5) is 0 Å². The summed E-state index contributed by atoms with van der Waals surface area (Å²) in [4.78, 5) is 55.7. The number of fused-ring (bicyclic) bond motifs is 2. The molecule has 0 atom stereocenters. The number of imidazole rings is 1. The van der Waals surface area contributed by atoms with Gasteiger partial charge in [0.1, 0.15) is 12.4 Å². The number of benzene rings is 3. The molecule has 0 spiro atoms. The van der Waals surface area contributed by atoms with Gasteiger partial charge in [-0.2, -0.15) is 0 Å². The van der Waals surface area contributed by atoms with Crippen molar-refractivity contribution in [3.63, 3.8) is 0 Å². The number of aryl methyl sites for hydroxylation is 4. The van der Waals surface area contributed by atoms with Crippen molar-refractivity contribution in [2.45, 2.75) is 59.4 Å². The lowest BCUT2D eigenvalue weighted by atomic mass is 10.0. The van der Waals surface area contributed by atoms with Crippen LogP contribution in [0.1, 0.15) is 54.2 Å². The molecule has 3 heterocycles. The van der Waals surface area contributed by atoms with E-state index in [0.717, 1.165) is 16.6 Å². The van der Waals surface area contributed by atoms with E-state index in [2.05, 4.69) is 0 Å². The summed E-state index contributed by atoms with van der Waals surface area (Å²) in [7, 11) is 1.68. The largest absolute Gasteiger partial charge is 0.488 e. The summed E-state index contributed by atoms with van der Waals surface area (Å²) in [6.45, 7) is 7.74. The van der Waals surface area contributed by atoms with Gasteiger partial charge in [0.2, 0.25) is 0 Å². The number of hydrogen-bond donors (Lipinski definition) is 0. The van der Waals surface area contributed by atoms with Gasteiger partial charge in [-0.15, -0.1) is 0 Å². The Balaban J connectivity index is 1.33. The van der Waals surface area contributed by atoms with Crippen molar-refractivity contribution in [2.75, 3.05) is 13.1 Å². The first-order chi connectivity index (χ1) is 21.2. The maximum atomic E-state index is 14.1. The zero-order chi connectivity index (χ0) is 31.1. The lowest BCUT2D eigenvalue weighted by Crippen LogP contribution is -2.46. The Morgan fingerprint density at radius 1 is 0.841 bits per heavy atom. The SMILES string of the molecule is CCn1c(=O)n(CC)c2cc(C(=O)N3CCC(n4c(=O)c5cc(C)ccc5n(C)c4=O)CC3)c(OCc3ccccc3)cc21. The van der Waals surface area contributed by atoms with Crippen molar-refractivity contribution in [2.24, 2.45) is 7.05 Å². The van der Waals surface area contributed by atoms with Crippen LogP contribution in [-0.4, -0.2) is 42.2 Å². The second-order valence-electron chi connectivity index (χ2n) is 11.4. The number of piperidine rings is 1. The average molecular weight is 596 g/mol. The van der Waals surface area contributed by atoms with Gasteiger partial charge in [-0.25, -0.2) is 9.59 Å². The van der Waals surface area contributed by atoms with Crippen molar-refractivity contribution in [3.05, 3.63) is 109 Å². The van der Waals surface area contributed by atoms with Gasteiger partial charge in [0.25, 0.3) is 11.5 Å². The number of aromatic nitrogens is 4. The van der Waals surface area contributed by atoms with Crippen LogP contribution in [0, 0.1) is 6.92 Å². The van der Waals surface area contributed by atoms with Crippen LogP contribution in [0.25, 0.3) is 21.9 Å². The third kappa shape index (κ3) is 4.94. The number of amides is 1. The maximum Gasteiger partial charge on any atom is 0.331 e. The molecule has 0 radical (unpaired) electrons. The highest BCUT2D eigenvalue weighted by atomic mass is 16.5. The lowest BCUT2D eigenvalue weighted by molar-refractivity contribution is 0.0687. The van der Waals surface area contributed by atoms with E-state index in [1.165, 1.54) is 9.13 Å². The molecule has 0 bridgehead atoms. The molecular weight excluding hydrogens is 558 g/mol. The molecule has 5 aromatic rings.